The first-order valence-corrected chi connectivity index (χ1v) is 22.0. The highest BCUT2D eigenvalue weighted by Crippen LogP contribution is 2.22. The van der Waals surface area contributed by atoms with E-state index in [0.717, 1.165) is 64.2 Å². The zero-order valence-corrected chi connectivity index (χ0v) is 35.3. The van der Waals surface area contributed by atoms with Crippen molar-refractivity contribution in [3.63, 3.8) is 0 Å². The van der Waals surface area contributed by atoms with Crippen molar-refractivity contribution in [3.05, 3.63) is 72.9 Å². The highest BCUT2D eigenvalue weighted by Gasteiger charge is 2.44. The van der Waals surface area contributed by atoms with Gasteiger partial charge >= 0.3 is 11.9 Å². The van der Waals surface area contributed by atoms with Gasteiger partial charge in [-0.3, -0.25) is 9.59 Å². The largest absolute Gasteiger partial charge is 0.462 e. The molecule has 0 aromatic carbocycles. The topological polar surface area (TPSA) is 152 Å². The van der Waals surface area contributed by atoms with Gasteiger partial charge in [-0.1, -0.05) is 138 Å². The Morgan fingerprint density at radius 2 is 1.05 bits per heavy atom. The van der Waals surface area contributed by atoms with Gasteiger partial charge in [0.15, 0.2) is 12.4 Å². The molecule has 0 bridgehead atoms. The number of esters is 2. The third kappa shape index (κ3) is 29.1. The van der Waals surface area contributed by atoms with Crippen LogP contribution in [0.25, 0.3) is 0 Å². The molecule has 1 aliphatic heterocycles. The average molecular weight is 803 g/mol. The Bertz CT molecular complexity index is 1160. The predicted molar refractivity (Wildman–Crippen MR) is 228 cm³/mol. The smallest absolute Gasteiger partial charge is 0.306 e. The second-order valence-corrected chi connectivity index (χ2v) is 14.8. The van der Waals surface area contributed by atoms with Gasteiger partial charge in [0, 0.05) is 12.8 Å². The van der Waals surface area contributed by atoms with E-state index in [9.17, 15) is 30.0 Å². The Balaban J connectivity index is 2.40. The van der Waals surface area contributed by atoms with Crippen LogP contribution in [0.2, 0.25) is 0 Å². The number of ether oxygens (including phenoxy) is 4. The number of carbonyl (C=O) groups is 2. The van der Waals surface area contributed by atoms with Gasteiger partial charge in [0.1, 0.15) is 31.0 Å². The first-order valence-electron chi connectivity index (χ1n) is 22.0. The molecule has 0 aromatic rings. The molecule has 2 unspecified atom stereocenters. The number of hydrogen-bond donors (Lipinski definition) is 4. The van der Waals surface area contributed by atoms with Crippen molar-refractivity contribution in [2.75, 3.05) is 19.8 Å². The van der Waals surface area contributed by atoms with E-state index in [1.165, 1.54) is 44.9 Å². The van der Waals surface area contributed by atoms with Crippen molar-refractivity contribution in [3.8, 4) is 0 Å². The fourth-order valence-electron chi connectivity index (χ4n) is 6.10. The van der Waals surface area contributed by atoms with Crippen LogP contribution in [0.5, 0.6) is 0 Å². The van der Waals surface area contributed by atoms with Crippen LogP contribution in [0.3, 0.4) is 0 Å². The summed E-state index contributed by atoms with van der Waals surface area (Å²) in [7, 11) is 0. The molecule has 0 aromatic heterocycles. The maximum atomic E-state index is 12.7. The molecule has 10 nitrogen and oxygen atoms in total. The fraction of sp³-hybridized carbons (Fsp3) is 0.702. The molecular weight excluding hydrogens is 725 g/mol. The SMILES string of the molecule is CC/C=C/C/C=C/C/C=C/C/C=C/C/C=C/CCCC(=O)O[C@H](COC(=O)CCCCCCC/C=C/CCCCCCCC)CO[C@@H]1O[C@H](CO)[C@H](O)C(O)C1O. The number of allylic oxidation sites excluding steroid dienone is 12. The number of hydrogen-bond acceptors (Lipinski definition) is 10. The molecule has 0 saturated carbocycles. The van der Waals surface area contributed by atoms with Crippen LogP contribution in [0.4, 0.5) is 0 Å². The first kappa shape index (κ1) is 52.2. The molecule has 326 valence electrons. The lowest BCUT2D eigenvalue weighted by atomic mass is 9.99. The highest BCUT2D eigenvalue weighted by atomic mass is 16.7. The summed E-state index contributed by atoms with van der Waals surface area (Å²) < 4.78 is 22.1. The lowest BCUT2D eigenvalue weighted by Gasteiger charge is -2.39. The van der Waals surface area contributed by atoms with E-state index in [-0.39, 0.29) is 26.1 Å². The molecule has 1 rings (SSSR count). The number of aliphatic hydroxyl groups is 4. The third-order valence-corrected chi connectivity index (χ3v) is 9.58. The van der Waals surface area contributed by atoms with Gasteiger partial charge in [0.25, 0.3) is 0 Å². The van der Waals surface area contributed by atoms with Gasteiger partial charge in [0.05, 0.1) is 13.2 Å². The Hall–Kier alpha value is -2.86. The molecular formula is C47H78O10. The van der Waals surface area contributed by atoms with Crippen LogP contribution < -0.4 is 0 Å². The molecule has 57 heavy (non-hydrogen) atoms. The van der Waals surface area contributed by atoms with E-state index in [1.54, 1.807) is 0 Å². The number of rotatable bonds is 35. The minimum atomic E-state index is -1.61. The third-order valence-electron chi connectivity index (χ3n) is 9.58. The molecule has 10 heteroatoms. The molecule has 1 heterocycles. The van der Waals surface area contributed by atoms with Crippen LogP contribution >= 0.6 is 0 Å². The highest BCUT2D eigenvalue weighted by molar-refractivity contribution is 5.70. The van der Waals surface area contributed by atoms with E-state index in [2.05, 4.69) is 80.7 Å². The minimum absolute atomic E-state index is 0.147. The monoisotopic (exact) mass is 803 g/mol. The summed E-state index contributed by atoms with van der Waals surface area (Å²) >= 11 is 0. The van der Waals surface area contributed by atoms with Crippen LogP contribution in [0.15, 0.2) is 72.9 Å². The van der Waals surface area contributed by atoms with Crippen molar-refractivity contribution >= 4 is 11.9 Å². The number of aliphatic hydroxyl groups excluding tert-OH is 4. The van der Waals surface area contributed by atoms with Gasteiger partial charge in [-0.15, -0.1) is 0 Å². The lowest BCUT2D eigenvalue weighted by Crippen LogP contribution is -2.59. The number of unbranched alkanes of at least 4 members (excludes halogenated alkanes) is 12. The average Bonchev–Trinajstić information content (AvgIpc) is 3.21. The van der Waals surface area contributed by atoms with E-state index < -0.39 is 55.4 Å². The first-order chi connectivity index (χ1) is 27.8. The minimum Gasteiger partial charge on any atom is -0.462 e. The molecule has 0 aliphatic carbocycles. The van der Waals surface area contributed by atoms with E-state index in [4.69, 9.17) is 18.9 Å². The van der Waals surface area contributed by atoms with Crippen LogP contribution in [-0.2, 0) is 28.5 Å². The standard InChI is InChI=1S/C47H78O10/c1-3-5-7-9-11-13-15-17-19-20-22-24-26-28-30-32-34-36-43(50)56-40(39-55-47-46(53)45(52)44(51)41(37-48)57-47)38-54-42(49)35-33-31-29-27-25-23-21-18-16-14-12-10-8-6-4-2/h5,7,11,13,17-19,21-22,24,28,30,40-41,44-48,51-53H,3-4,6,8-10,12,14-16,20,23,25-27,29,31-39H2,1-2H3/b7-5+,13-11+,19-17+,21-18+,24-22+,30-28+/t40-,41-,44+,45?,46?,47-/m1/s1. The Kier molecular flexibility index (Phi) is 34.2. The summed E-state index contributed by atoms with van der Waals surface area (Å²) in [5.74, 6) is -0.891. The molecule has 6 atom stereocenters. The summed E-state index contributed by atoms with van der Waals surface area (Å²) in [4.78, 5) is 25.3. The quantitative estimate of drug-likeness (QED) is 0.0277. The van der Waals surface area contributed by atoms with Crippen LogP contribution in [-0.4, -0.2) is 89.0 Å². The molecule has 1 aliphatic rings. The second-order valence-electron chi connectivity index (χ2n) is 14.8. The van der Waals surface area contributed by atoms with E-state index in [1.807, 2.05) is 6.08 Å². The van der Waals surface area contributed by atoms with E-state index in [0.29, 0.717) is 19.3 Å². The summed E-state index contributed by atoms with van der Waals surface area (Å²) in [5.41, 5.74) is 0. The summed E-state index contributed by atoms with van der Waals surface area (Å²) in [6.45, 7) is 3.22. The zero-order chi connectivity index (χ0) is 41.6. The predicted octanol–water partition coefficient (Wildman–Crippen LogP) is 9.22. The molecule has 4 N–H and O–H groups in total. The summed E-state index contributed by atoms with van der Waals surface area (Å²) in [6.07, 6.45) is 39.1. The summed E-state index contributed by atoms with van der Waals surface area (Å²) in [6, 6.07) is 0. The zero-order valence-electron chi connectivity index (χ0n) is 35.3. The normalized spacial score (nSPS) is 21.0. The summed E-state index contributed by atoms with van der Waals surface area (Å²) in [5, 5.41) is 40.0. The van der Waals surface area contributed by atoms with Crippen molar-refractivity contribution in [1.29, 1.82) is 0 Å². The van der Waals surface area contributed by atoms with Gasteiger partial charge in [-0.2, -0.15) is 0 Å². The van der Waals surface area contributed by atoms with Gasteiger partial charge < -0.3 is 39.4 Å². The molecule has 1 fully saturated rings. The Labute approximate surface area is 344 Å². The van der Waals surface area contributed by atoms with Gasteiger partial charge in [-0.25, -0.2) is 0 Å². The second kappa shape index (κ2) is 37.4. The van der Waals surface area contributed by atoms with Crippen LogP contribution in [0, 0.1) is 0 Å². The number of carbonyl (C=O) groups excluding carboxylic acids is 2. The maximum Gasteiger partial charge on any atom is 0.306 e. The van der Waals surface area contributed by atoms with Crippen LogP contribution in [0.1, 0.15) is 155 Å². The van der Waals surface area contributed by atoms with Crippen molar-refractivity contribution in [2.45, 2.75) is 192 Å². The van der Waals surface area contributed by atoms with Gasteiger partial charge in [-0.05, 0) is 77.0 Å². The molecule has 0 radical (unpaired) electrons. The van der Waals surface area contributed by atoms with Gasteiger partial charge in [0.2, 0.25) is 0 Å². The maximum absolute atomic E-state index is 12.7. The fourth-order valence-corrected chi connectivity index (χ4v) is 6.10. The van der Waals surface area contributed by atoms with Crippen molar-refractivity contribution < 1.29 is 49.0 Å². The molecule has 0 amide bonds. The Morgan fingerprint density at radius 1 is 0.561 bits per heavy atom. The lowest BCUT2D eigenvalue weighted by molar-refractivity contribution is -0.305. The molecule has 1 saturated heterocycles. The van der Waals surface area contributed by atoms with E-state index >= 15 is 0 Å². The Morgan fingerprint density at radius 3 is 1.63 bits per heavy atom. The van der Waals surface area contributed by atoms with Crippen molar-refractivity contribution in [2.24, 2.45) is 0 Å². The molecule has 0 spiro atoms. The van der Waals surface area contributed by atoms with Crippen molar-refractivity contribution in [1.82, 2.24) is 0 Å².